The number of nitrogens with two attached hydrogens (primary N) is 1. The van der Waals surface area contributed by atoms with Crippen LogP contribution in [0.2, 0.25) is 0 Å². The molecule has 0 radical (unpaired) electrons. The van der Waals surface area contributed by atoms with Crippen molar-refractivity contribution in [1.82, 2.24) is 4.90 Å². The van der Waals surface area contributed by atoms with E-state index < -0.39 is 0 Å². The third-order valence-corrected chi connectivity index (χ3v) is 5.57. The van der Waals surface area contributed by atoms with Crippen LogP contribution in [0.15, 0.2) is 18.2 Å². The van der Waals surface area contributed by atoms with E-state index >= 15 is 0 Å². The Balaban J connectivity index is 1.56. The molecule has 3 rings (SSSR count). The third-order valence-electron chi connectivity index (χ3n) is 5.57. The Labute approximate surface area is 123 Å². The SMILES string of the molecule is Cc1cc(CN2CCC3(CCCCC3)CC2)ccc1N. The van der Waals surface area contributed by atoms with E-state index in [-0.39, 0.29) is 0 Å². The maximum atomic E-state index is 5.90. The molecule has 1 aromatic rings. The number of piperidine rings is 1. The van der Waals surface area contributed by atoms with Crippen molar-refractivity contribution < 1.29 is 0 Å². The van der Waals surface area contributed by atoms with Gasteiger partial charge < -0.3 is 5.73 Å². The molecule has 2 heteroatoms. The first-order valence-electron chi connectivity index (χ1n) is 8.24. The second-order valence-electron chi connectivity index (χ2n) is 7.03. The number of nitrogens with zero attached hydrogens (tertiary/aromatic N) is 1. The lowest BCUT2D eigenvalue weighted by atomic mass is 9.68. The average molecular weight is 272 g/mol. The number of anilines is 1. The summed E-state index contributed by atoms with van der Waals surface area (Å²) in [6, 6.07) is 6.49. The van der Waals surface area contributed by atoms with Gasteiger partial charge >= 0.3 is 0 Å². The van der Waals surface area contributed by atoms with Crippen LogP contribution in [0.5, 0.6) is 0 Å². The Morgan fingerprint density at radius 3 is 2.40 bits per heavy atom. The summed E-state index contributed by atoms with van der Waals surface area (Å²) in [4.78, 5) is 2.63. The number of benzene rings is 1. The molecule has 110 valence electrons. The van der Waals surface area contributed by atoms with E-state index in [0.717, 1.165) is 12.2 Å². The molecule has 1 aliphatic carbocycles. The highest BCUT2D eigenvalue weighted by Crippen LogP contribution is 2.44. The number of aryl methyl sites for hydroxylation is 1. The Morgan fingerprint density at radius 2 is 1.75 bits per heavy atom. The lowest BCUT2D eigenvalue weighted by Crippen LogP contribution is -2.40. The van der Waals surface area contributed by atoms with E-state index in [2.05, 4.69) is 30.0 Å². The number of hydrogen-bond donors (Lipinski definition) is 1. The van der Waals surface area contributed by atoms with Gasteiger partial charge in [0.2, 0.25) is 0 Å². The molecule has 2 aliphatic rings. The molecule has 1 aliphatic heterocycles. The molecular formula is C18H28N2. The van der Waals surface area contributed by atoms with Gasteiger partial charge in [0.25, 0.3) is 0 Å². The highest BCUT2D eigenvalue weighted by Gasteiger charge is 2.35. The smallest absolute Gasteiger partial charge is 0.0343 e. The predicted molar refractivity (Wildman–Crippen MR) is 85.6 cm³/mol. The van der Waals surface area contributed by atoms with Gasteiger partial charge in [0.15, 0.2) is 0 Å². The van der Waals surface area contributed by atoms with E-state index in [0.29, 0.717) is 5.41 Å². The molecule has 0 aromatic heterocycles. The van der Waals surface area contributed by atoms with Crippen LogP contribution in [0.3, 0.4) is 0 Å². The summed E-state index contributed by atoms with van der Waals surface area (Å²) in [6.07, 6.45) is 10.2. The molecule has 1 saturated carbocycles. The normalized spacial score (nSPS) is 23.1. The van der Waals surface area contributed by atoms with Crippen molar-refractivity contribution in [3.63, 3.8) is 0 Å². The minimum absolute atomic E-state index is 0.714. The lowest BCUT2D eigenvalue weighted by molar-refractivity contribution is 0.0641. The fraction of sp³-hybridized carbons (Fsp3) is 0.667. The zero-order chi connectivity index (χ0) is 14.0. The van der Waals surface area contributed by atoms with Crippen LogP contribution >= 0.6 is 0 Å². The summed E-state index contributed by atoms with van der Waals surface area (Å²) in [7, 11) is 0. The second-order valence-corrected chi connectivity index (χ2v) is 7.03. The number of nitrogen functional groups attached to an aromatic ring is 1. The largest absolute Gasteiger partial charge is 0.399 e. The molecule has 0 bridgehead atoms. The Kier molecular flexibility index (Phi) is 4.02. The van der Waals surface area contributed by atoms with Crippen LogP contribution < -0.4 is 5.73 Å². The summed E-state index contributed by atoms with van der Waals surface area (Å²) in [5, 5.41) is 0. The van der Waals surface area contributed by atoms with Crippen molar-refractivity contribution in [3.8, 4) is 0 Å². The van der Waals surface area contributed by atoms with Crippen molar-refractivity contribution in [2.24, 2.45) is 5.41 Å². The topological polar surface area (TPSA) is 29.3 Å². The molecule has 1 heterocycles. The summed E-state index contributed by atoms with van der Waals surface area (Å²) in [6.45, 7) is 5.76. The van der Waals surface area contributed by atoms with Gasteiger partial charge in [-0.05, 0) is 68.3 Å². The Hall–Kier alpha value is -1.02. The van der Waals surface area contributed by atoms with Gasteiger partial charge in [-0.1, -0.05) is 31.4 Å². The minimum Gasteiger partial charge on any atom is -0.399 e. The average Bonchev–Trinajstić information content (AvgIpc) is 2.47. The highest BCUT2D eigenvalue weighted by atomic mass is 15.1. The van der Waals surface area contributed by atoms with Crippen LogP contribution in [0, 0.1) is 12.3 Å². The molecule has 1 spiro atoms. The van der Waals surface area contributed by atoms with E-state index in [1.165, 1.54) is 69.2 Å². The monoisotopic (exact) mass is 272 g/mol. The predicted octanol–water partition coefficient (Wildman–Crippen LogP) is 4.12. The van der Waals surface area contributed by atoms with Gasteiger partial charge in [0, 0.05) is 12.2 Å². The fourth-order valence-corrected chi connectivity index (χ4v) is 4.08. The molecular weight excluding hydrogens is 244 g/mol. The summed E-state index contributed by atoms with van der Waals surface area (Å²) in [5.41, 5.74) is 10.2. The minimum atomic E-state index is 0.714. The van der Waals surface area contributed by atoms with Crippen LogP contribution in [-0.4, -0.2) is 18.0 Å². The van der Waals surface area contributed by atoms with Crippen molar-refractivity contribution in [1.29, 1.82) is 0 Å². The molecule has 1 saturated heterocycles. The molecule has 0 amide bonds. The van der Waals surface area contributed by atoms with Crippen molar-refractivity contribution in [3.05, 3.63) is 29.3 Å². The van der Waals surface area contributed by atoms with Crippen LogP contribution in [-0.2, 0) is 6.54 Å². The molecule has 0 atom stereocenters. The standard InChI is InChI=1S/C18H28N2/c1-15-13-16(5-6-17(15)19)14-20-11-9-18(10-12-20)7-3-2-4-8-18/h5-6,13H,2-4,7-12,14,19H2,1H3. The summed E-state index contributed by atoms with van der Waals surface area (Å²) >= 11 is 0. The van der Waals surface area contributed by atoms with Crippen LogP contribution in [0.4, 0.5) is 5.69 Å². The first-order chi connectivity index (χ1) is 9.67. The van der Waals surface area contributed by atoms with Crippen LogP contribution in [0.25, 0.3) is 0 Å². The van der Waals surface area contributed by atoms with E-state index in [1.807, 2.05) is 0 Å². The van der Waals surface area contributed by atoms with Gasteiger partial charge in [-0.2, -0.15) is 0 Å². The number of hydrogen-bond acceptors (Lipinski definition) is 2. The molecule has 2 fully saturated rings. The Morgan fingerprint density at radius 1 is 1.05 bits per heavy atom. The maximum Gasteiger partial charge on any atom is 0.0343 e. The van der Waals surface area contributed by atoms with Gasteiger partial charge in [0.1, 0.15) is 0 Å². The number of likely N-dealkylation sites (tertiary alicyclic amines) is 1. The quantitative estimate of drug-likeness (QED) is 0.820. The van der Waals surface area contributed by atoms with Crippen molar-refractivity contribution >= 4 is 5.69 Å². The lowest BCUT2D eigenvalue weighted by Gasteiger charge is -2.44. The zero-order valence-corrected chi connectivity index (χ0v) is 12.8. The third kappa shape index (κ3) is 3.01. The first-order valence-corrected chi connectivity index (χ1v) is 8.24. The van der Waals surface area contributed by atoms with E-state index in [4.69, 9.17) is 5.73 Å². The van der Waals surface area contributed by atoms with Gasteiger partial charge in [-0.25, -0.2) is 0 Å². The zero-order valence-electron chi connectivity index (χ0n) is 12.8. The van der Waals surface area contributed by atoms with Crippen LogP contribution in [0.1, 0.15) is 56.1 Å². The van der Waals surface area contributed by atoms with Crippen molar-refractivity contribution in [2.45, 2.75) is 58.4 Å². The van der Waals surface area contributed by atoms with E-state index in [9.17, 15) is 0 Å². The molecule has 2 nitrogen and oxygen atoms in total. The highest BCUT2D eigenvalue weighted by molar-refractivity contribution is 5.47. The molecule has 0 unspecified atom stereocenters. The summed E-state index contributed by atoms with van der Waals surface area (Å²) < 4.78 is 0. The Bertz CT molecular complexity index is 450. The van der Waals surface area contributed by atoms with Gasteiger partial charge in [0.05, 0.1) is 0 Å². The number of rotatable bonds is 2. The fourth-order valence-electron chi connectivity index (χ4n) is 4.08. The first kappa shape index (κ1) is 13.9. The summed E-state index contributed by atoms with van der Waals surface area (Å²) in [5.74, 6) is 0. The van der Waals surface area contributed by atoms with Crippen molar-refractivity contribution in [2.75, 3.05) is 18.8 Å². The maximum absolute atomic E-state index is 5.90. The second kappa shape index (κ2) is 5.77. The van der Waals surface area contributed by atoms with Gasteiger partial charge in [-0.3, -0.25) is 4.90 Å². The van der Waals surface area contributed by atoms with Gasteiger partial charge in [-0.15, -0.1) is 0 Å². The van der Waals surface area contributed by atoms with E-state index in [1.54, 1.807) is 0 Å². The molecule has 20 heavy (non-hydrogen) atoms. The molecule has 1 aromatic carbocycles. The molecule has 2 N–H and O–H groups in total.